The van der Waals surface area contributed by atoms with Gasteiger partial charge in [0.05, 0.1) is 6.26 Å². The number of likely N-dealkylation sites (tertiary alicyclic amines) is 1. The van der Waals surface area contributed by atoms with E-state index in [0.717, 1.165) is 6.54 Å². The molecule has 0 radical (unpaired) electrons. The maximum Gasteiger partial charge on any atom is 0.208 e. The van der Waals surface area contributed by atoms with Crippen LogP contribution in [0.3, 0.4) is 0 Å². The van der Waals surface area contributed by atoms with E-state index in [1.54, 1.807) is 7.05 Å². The lowest BCUT2D eigenvalue weighted by Crippen LogP contribution is -2.38. The minimum atomic E-state index is -3.12. The van der Waals surface area contributed by atoms with E-state index < -0.39 is 10.0 Å². The molecular formula is C19H34IN5O2S. The lowest BCUT2D eigenvalue weighted by atomic mass is 10.1. The van der Waals surface area contributed by atoms with Gasteiger partial charge in [-0.3, -0.25) is 9.89 Å². The van der Waals surface area contributed by atoms with Crippen molar-refractivity contribution in [2.75, 3.05) is 39.5 Å². The molecule has 0 aromatic heterocycles. The fourth-order valence-corrected chi connectivity index (χ4v) is 3.61. The van der Waals surface area contributed by atoms with Gasteiger partial charge in [0.15, 0.2) is 5.96 Å². The molecule has 1 heterocycles. The van der Waals surface area contributed by atoms with Crippen LogP contribution in [0.15, 0.2) is 29.3 Å². The Morgan fingerprint density at radius 1 is 1.04 bits per heavy atom. The molecule has 9 heteroatoms. The predicted octanol–water partition coefficient (Wildman–Crippen LogP) is 1.89. The average molecular weight is 523 g/mol. The number of piperidine rings is 1. The number of hydrogen-bond donors (Lipinski definition) is 3. The molecule has 0 atom stereocenters. The molecule has 28 heavy (non-hydrogen) atoms. The van der Waals surface area contributed by atoms with Crippen LogP contribution in [-0.2, 0) is 23.1 Å². The Hall–Kier alpha value is -0.910. The lowest BCUT2D eigenvalue weighted by Gasteiger charge is -2.26. The van der Waals surface area contributed by atoms with Gasteiger partial charge in [-0.1, -0.05) is 30.7 Å². The molecule has 0 bridgehead atoms. The van der Waals surface area contributed by atoms with Gasteiger partial charge in [0.1, 0.15) is 0 Å². The molecule has 1 saturated heterocycles. The first kappa shape index (κ1) is 25.1. The summed E-state index contributed by atoms with van der Waals surface area (Å²) in [4.78, 5) is 6.72. The van der Waals surface area contributed by atoms with E-state index in [1.165, 1.54) is 49.7 Å². The zero-order valence-electron chi connectivity index (χ0n) is 16.9. The normalized spacial score (nSPS) is 15.7. The van der Waals surface area contributed by atoms with E-state index in [-0.39, 0.29) is 24.0 Å². The Kier molecular flexibility index (Phi) is 12.0. The molecule has 7 nitrogen and oxygen atoms in total. The van der Waals surface area contributed by atoms with Gasteiger partial charge in [0.2, 0.25) is 10.0 Å². The van der Waals surface area contributed by atoms with Crippen LogP contribution in [-0.4, -0.2) is 58.8 Å². The Bertz CT molecular complexity index is 689. The van der Waals surface area contributed by atoms with Crippen molar-refractivity contribution in [3.8, 4) is 0 Å². The third-order valence-electron chi connectivity index (χ3n) is 4.57. The van der Waals surface area contributed by atoms with Crippen LogP contribution < -0.4 is 15.4 Å². The number of nitrogens with zero attached hydrogens (tertiary/aromatic N) is 2. The highest BCUT2D eigenvalue weighted by Crippen LogP contribution is 2.13. The third-order valence-corrected chi connectivity index (χ3v) is 5.30. The van der Waals surface area contributed by atoms with Crippen LogP contribution in [0.1, 0.15) is 36.8 Å². The summed E-state index contributed by atoms with van der Waals surface area (Å²) in [6.07, 6.45) is 5.86. The van der Waals surface area contributed by atoms with Crippen LogP contribution in [0.25, 0.3) is 0 Å². The monoisotopic (exact) mass is 523 g/mol. The van der Waals surface area contributed by atoms with Gasteiger partial charge in [-0.05, 0) is 43.5 Å². The number of rotatable bonds is 9. The first-order valence-electron chi connectivity index (χ1n) is 9.65. The molecule has 0 unspecified atom stereocenters. The molecule has 1 fully saturated rings. The Morgan fingerprint density at radius 3 is 2.29 bits per heavy atom. The van der Waals surface area contributed by atoms with Crippen molar-refractivity contribution >= 4 is 40.0 Å². The predicted molar refractivity (Wildman–Crippen MR) is 127 cm³/mol. The fourth-order valence-electron chi connectivity index (χ4n) is 3.10. The second-order valence-corrected chi connectivity index (χ2v) is 8.86. The summed E-state index contributed by atoms with van der Waals surface area (Å²) in [5.41, 5.74) is 2.57. The van der Waals surface area contributed by atoms with E-state index in [9.17, 15) is 8.42 Å². The Labute approximate surface area is 186 Å². The van der Waals surface area contributed by atoms with Gasteiger partial charge in [-0.2, -0.15) is 0 Å². The average Bonchev–Trinajstić information content (AvgIpc) is 2.65. The number of sulfonamides is 1. The van der Waals surface area contributed by atoms with Crippen molar-refractivity contribution in [1.82, 2.24) is 20.3 Å². The molecule has 0 spiro atoms. The summed E-state index contributed by atoms with van der Waals surface area (Å²) in [5, 5.41) is 6.47. The summed E-state index contributed by atoms with van der Waals surface area (Å²) in [6.45, 7) is 5.23. The Balaban J connectivity index is 0.00000392. The van der Waals surface area contributed by atoms with E-state index in [1.807, 2.05) is 0 Å². The lowest BCUT2D eigenvalue weighted by molar-refractivity contribution is 0.221. The molecule has 1 aliphatic rings. The summed E-state index contributed by atoms with van der Waals surface area (Å²) in [7, 11) is -1.39. The largest absolute Gasteiger partial charge is 0.356 e. The van der Waals surface area contributed by atoms with Crippen LogP contribution in [0, 0.1) is 0 Å². The summed E-state index contributed by atoms with van der Waals surface area (Å²) < 4.78 is 24.5. The number of benzene rings is 1. The van der Waals surface area contributed by atoms with Crippen LogP contribution >= 0.6 is 24.0 Å². The number of guanidine groups is 1. The number of nitrogens with one attached hydrogen (secondary N) is 3. The first-order chi connectivity index (χ1) is 13.0. The molecule has 0 aliphatic carbocycles. The van der Waals surface area contributed by atoms with Gasteiger partial charge < -0.3 is 10.6 Å². The van der Waals surface area contributed by atoms with Crippen molar-refractivity contribution in [3.05, 3.63) is 35.4 Å². The Morgan fingerprint density at radius 2 is 1.68 bits per heavy atom. The molecule has 0 amide bonds. The SMILES string of the molecule is CN=C(NCCCNS(C)(=O)=O)NCc1ccc(CN2CCCCC2)cc1.I. The number of hydrogen-bond acceptors (Lipinski definition) is 4. The molecule has 1 aromatic carbocycles. The van der Waals surface area contributed by atoms with Crippen molar-refractivity contribution in [2.45, 2.75) is 38.8 Å². The molecular weight excluding hydrogens is 489 g/mol. The van der Waals surface area contributed by atoms with Gasteiger partial charge in [-0.25, -0.2) is 13.1 Å². The van der Waals surface area contributed by atoms with Gasteiger partial charge in [0, 0.05) is 33.2 Å². The minimum Gasteiger partial charge on any atom is -0.356 e. The van der Waals surface area contributed by atoms with Crippen molar-refractivity contribution in [3.63, 3.8) is 0 Å². The van der Waals surface area contributed by atoms with Crippen LogP contribution in [0.4, 0.5) is 0 Å². The van der Waals surface area contributed by atoms with Crippen molar-refractivity contribution in [1.29, 1.82) is 0 Å². The molecule has 2 rings (SSSR count). The highest BCUT2D eigenvalue weighted by molar-refractivity contribution is 14.0. The maximum atomic E-state index is 11.0. The summed E-state index contributed by atoms with van der Waals surface area (Å²) in [5.74, 6) is 0.715. The summed E-state index contributed by atoms with van der Waals surface area (Å²) in [6, 6.07) is 8.74. The second-order valence-electron chi connectivity index (χ2n) is 7.03. The molecule has 0 saturated carbocycles. The zero-order valence-corrected chi connectivity index (χ0v) is 20.1. The third kappa shape index (κ3) is 10.6. The number of aliphatic imine (C=N–C) groups is 1. The highest BCUT2D eigenvalue weighted by Gasteiger charge is 2.10. The molecule has 3 N–H and O–H groups in total. The molecule has 1 aliphatic heterocycles. The fraction of sp³-hybridized carbons (Fsp3) is 0.632. The summed E-state index contributed by atoms with van der Waals surface area (Å²) >= 11 is 0. The van der Waals surface area contributed by atoms with Crippen LogP contribution in [0.2, 0.25) is 0 Å². The van der Waals surface area contributed by atoms with Crippen molar-refractivity contribution < 1.29 is 8.42 Å². The highest BCUT2D eigenvalue weighted by atomic mass is 127. The van der Waals surface area contributed by atoms with E-state index >= 15 is 0 Å². The van der Waals surface area contributed by atoms with Gasteiger partial charge in [0.25, 0.3) is 0 Å². The van der Waals surface area contributed by atoms with E-state index in [4.69, 9.17) is 0 Å². The van der Waals surface area contributed by atoms with E-state index in [0.29, 0.717) is 32.0 Å². The quantitative estimate of drug-likeness (QED) is 0.199. The second kappa shape index (κ2) is 13.3. The smallest absolute Gasteiger partial charge is 0.208 e. The minimum absolute atomic E-state index is 0. The standard InChI is InChI=1S/C19H33N5O2S.HI/c1-20-19(21-11-6-12-23-27(2,25)26)22-15-17-7-9-18(10-8-17)16-24-13-4-3-5-14-24;/h7-10,23H,3-6,11-16H2,1-2H3,(H2,20,21,22);1H. The van der Waals surface area contributed by atoms with Crippen LogP contribution in [0.5, 0.6) is 0 Å². The van der Waals surface area contributed by atoms with Gasteiger partial charge in [-0.15, -0.1) is 24.0 Å². The van der Waals surface area contributed by atoms with E-state index in [2.05, 4.69) is 49.5 Å². The maximum absolute atomic E-state index is 11.0. The van der Waals surface area contributed by atoms with Crippen molar-refractivity contribution in [2.24, 2.45) is 4.99 Å². The molecule has 160 valence electrons. The van der Waals surface area contributed by atoms with Gasteiger partial charge >= 0.3 is 0 Å². The first-order valence-corrected chi connectivity index (χ1v) is 11.5. The topological polar surface area (TPSA) is 85.8 Å². The zero-order chi connectivity index (χ0) is 19.5. The molecule has 1 aromatic rings. The number of halogens is 1.